The van der Waals surface area contributed by atoms with Crippen LogP contribution in [0.1, 0.15) is 48.5 Å². The van der Waals surface area contributed by atoms with Gasteiger partial charge in [-0.05, 0) is 26.7 Å². The van der Waals surface area contributed by atoms with E-state index < -0.39 is 0 Å². The topological polar surface area (TPSA) is 99.7 Å². The number of nitrogens with one attached hydrogen (secondary N) is 2. The Morgan fingerprint density at radius 2 is 2.00 bits per heavy atom. The molecule has 3 heterocycles. The summed E-state index contributed by atoms with van der Waals surface area (Å²) < 4.78 is 0. The average Bonchev–Trinajstić information content (AvgIpc) is 2.91. The minimum absolute atomic E-state index is 0.146. The minimum atomic E-state index is 0.146. The molecule has 0 aromatic carbocycles. The fourth-order valence-electron chi connectivity index (χ4n) is 3.24. The van der Waals surface area contributed by atoms with Crippen LogP contribution >= 0.6 is 0 Å². The van der Waals surface area contributed by atoms with E-state index >= 15 is 0 Å². The minimum Gasteiger partial charge on any atom is -0.370 e. The molecule has 0 saturated carbocycles. The van der Waals surface area contributed by atoms with Crippen molar-refractivity contribution in [2.45, 2.75) is 52.9 Å². The van der Waals surface area contributed by atoms with Crippen LogP contribution < -0.4 is 5.32 Å². The van der Waals surface area contributed by atoms with Gasteiger partial charge in [0.15, 0.2) is 5.82 Å². The van der Waals surface area contributed by atoms with Gasteiger partial charge < -0.3 is 10.2 Å². The quantitative estimate of drug-likeness (QED) is 0.814. The number of aromatic amines is 1. The summed E-state index contributed by atoms with van der Waals surface area (Å²) in [6.07, 6.45) is 3.59. The summed E-state index contributed by atoms with van der Waals surface area (Å²) >= 11 is 0. The molecule has 2 aromatic heterocycles. The first-order valence-electron chi connectivity index (χ1n) is 9.32. The first-order valence-corrected chi connectivity index (χ1v) is 9.32. The summed E-state index contributed by atoms with van der Waals surface area (Å²) in [6, 6.07) is 0. The highest BCUT2D eigenvalue weighted by Gasteiger charge is 2.22. The predicted molar refractivity (Wildman–Crippen MR) is 99.0 cm³/mol. The van der Waals surface area contributed by atoms with E-state index in [1.54, 1.807) is 0 Å². The molecule has 8 heteroatoms. The summed E-state index contributed by atoms with van der Waals surface area (Å²) in [4.78, 5) is 28.0. The van der Waals surface area contributed by atoms with Crippen LogP contribution in [0.4, 0.5) is 5.82 Å². The van der Waals surface area contributed by atoms with Crippen molar-refractivity contribution in [3.63, 3.8) is 0 Å². The van der Waals surface area contributed by atoms with Gasteiger partial charge in [-0.25, -0.2) is 15.0 Å². The molecule has 0 fully saturated rings. The lowest BCUT2D eigenvalue weighted by Gasteiger charge is -2.19. The van der Waals surface area contributed by atoms with E-state index in [4.69, 9.17) is 0 Å². The lowest BCUT2D eigenvalue weighted by Crippen LogP contribution is -2.33. The molecule has 0 atom stereocenters. The number of hydrogen-bond donors (Lipinski definition) is 2. The zero-order valence-electron chi connectivity index (χ0n) is 15.8. The van der Waals surface area contributed by atoms with E-state index in [-0.39, 0.29) is 5.91 Å². The Kier molecular flexibility index (Phi) is 5.80. The van der Waals surface area contributed by atoms with Crippen molar-refractivity contribution >= 4 is 11.7 Å². The molecule has 1 aliphatic heterocycles. The highest BCUT2D eigenvalue weighted by molar-refractivity contribution is 5.76. The van der Waals surface area contributed by atoms with E-state index in [9.17, 15) is 4.79 Å². The van der Waals surface area contributed by atoms with Crippen LogP contribution in [0.25, 0.3) is 0 Å². The number of fused-ring (bicyclic) bond motifs is 1. The maximum absolute atomic E-state index is 12.6. The molecule has 0 bridgehead atoms. The number of H-pyrrole nitrogens is 1. The Morgan fingerprint density at radius 3 is 2.73 bits per heavy atom. The third-order valence-electron chi connectivity index (χ3n) is 4.56. The summed E-state index contributed by atoms with van der Waals surface area (Å²) in [5, 5.41) is 10.3. The van der Waals surface area contributed by atoms with E-state index in [2.05, 4.69) is 37.4 Å². The van der Waals surface area contributed by atoms with Crippen molar-refractivity contribution in [3.05, 3.63) is 28.7 Å². The van der Waals surface area contributed by atoms with Crippen molar-refractivity contribution in [3.8, 4) is 0 Å². The SMILES string of the molecule is CCCNc1nc(C)nc2c1CCN(C(=O)CCc1n[nH]c(C)n1)CC2. The third kappa shape index (κ3) is 4.36. The first-order chi connectivity index (χ1) is 12.6. The molecule has 140 valence electrons. The second kappa shape index (κ2) is 8.25. The second-order valence-corrected chi connectivity index (χ2v) is 6.69. The smallest absolute Gasteiger partial charge is 0.223 e. The molecule has 8 nitrogen and oxygen atoms in total. The van der Waals surface area contributed by atoms with Gasteiger partial charge in [0, 0.05) is 44.5 Å². The molecule has 0 unspecified atom stereocenters. The Bertz CT molecular complexity index is 771. The molecule has 2 aromatic rings. The molecule has 26 heavy (non-hydrogen) atoms. The number of carbonyl (C=O) groups is 1. The molecule has 3 rings (SSSR count). The fourth-order valence-corrected chi connectivity index (χ4v) is 3.24. The van der Waals surface area contributed by atoms with E-state index in [0.717, 1.165) is 54.5 Å². The summed E-state index contributed by atoms with van der Waals surface area (Å²) in [6.45, 7) is 8.20. The number of nitrogens with zero attached hydrogens (tertiary/aromatic N) is 5. The molecule has 2 N–H and O–H groups in total. The van der Waals surface area contributed by atoms with Gasteiger partial charge in [-0.2, -0.15) is 5.10 Å². The Hall–Kier alpha value is -2.51. The number of anilines is 1. The number of aromatic nitrogens is 5. The summed E-state index contributed by atoms with van der Waals surface area (Å²) in [7, 11) is 0. The molecule has 0 aliphatic carbocycles. The van der Waals surface area contributed by atoms with Crippen molar-refractivity contribution in [1.29, 1.82) is 0 Å². The second-order valence-electron chi connectivity index (χ2n) is 6.69. The fraction of sp³-hybridized carbons (Fsp3) is 0.611. The Balaban J connectivity index is 1.64. The Morgan fingerprint density at radius 1 is 1.19 bits per heavy atom. The van der Waals surface area contributed by atoms with Crippen LogP contribution in [0.3, 0.4) is 0 Å². The predicted octanol–water partition coefficient (Wildman–Crippen LogP) is 1.59. The monoisotopic (exact) mass is 357 g/mol. The highest BCUT2D eigenvalue weighted by atomic mass is 16.2. The van der Waals surface area contributed by atoms with Gasteiger partial charge in [-0.3, -0.25) is 9.89 Å². The van der Waals surface area contributed by atoms with Gasteiger partial charge in [0.1, 0.15) is 17.5 Å². The van der Waals surface area contributed by atoms with Crippen LogP contribution in [0.5, 0.6) is 0 Å². The van der Waals surface area contributed by atoms with Gasteiger partial charge in [0.25, 0.3) is 0 Å². The molecule has 0 spiro atoms. The van der Waals surface area contributed by atoms with Crippen molar-refractivity contribution in [2.24, 2.45) is 0 Å². The lowest BCUT2D eigenvalue weighted by atomic mass is 10.1. The molecule has 1 amide bonds. The van der Waals surface area contributed by atoms with Crippen molar-refractivity contribution < 1.29 is 4.79 Å². The largest absolute Gasteiger partial charge is 0.370 e. The first kappa shape index (κ1) is 18.3. The molecule has 0 radical (unpaired) electrons. The number of aryl methyl sites for hydroxylation is 3. The van der Waals surface area contributed by atoms with Crippen LogP contribution in [0, 0.1) is 13.8 Å². The maximum Gasteiger partial charge on any atom is 0.223 e. The molecular formula is C18H27N7O. The summed E-state index contributed by atoms with van der Waals surface area (Å²) in [5.41, 5.74) is 2.22. The molecular weight excluding hydrogens is 330 g/mol. The number of hydrogen-bond acceptors (Lipinski definition) is 6. The zero-order chi connectivity index (χ0) is 18.5. The van der Waals surface area contributed by atoms with Gasteiger partial charge in [0.2, 0.25) is 5.91 Å². The van der Waals surface area contributed by atoms with Crippen molar-refractivity contribution in [1.82, 2.24) is 30.0 Å². The molecule has 1 aliphatic rings. The molecule has 0 saturated heterocycles. The van der Waals surface area contributed by atoms with Crippen molar-refractivity contribution in [2.75, 3.05) is 25.0 Å². The van der Waals surface area contributed by atoms with Crippen LogP contribution in [0.2, 0.25) is 0 Å². The number of rotatable bonds is 6. The maximum atomic E-state index is 12.6. The van der Waals surface area contributed by atoms with Crippen LogP contribution in [-0.2, 0) is 24.1 Å². The zero-order valence-corrected chi connectivity index (χ0v) is 15.8. The van der Waals surface area contributed by atoms with Crippen LogP contribution in [0.15, 0.2) is 0 Å². The number of amides is 1. The standard InChI is InChI=1S/C18H27N7O/c1-4-9-19-18-14-7-10-25(11-8-15(14)20-12(2)22-18)17(26)6-5-16-21-13(3)23-24-16/h4-11H2,1-3H3,(H,19,20,22)(H,21,23,24). The lowest BCUT2D eigenvalue weighted by molar-refractivity contribution is -0.131. The van der Waals surface area contributed by atoms with E-state index in [1.165, 1.54) is 0 Å². The van der Waals surface area contributed by atoms with Crippen LogP contribution in [-0.4, -0.2) is 55.6 Å². The number of carbonyl (C=O) groups excluding carboxylic acids is 1. The highest BCUT2D eigenvalue weighted by Crippen LogP contribution is 2.22. The van der Waals surface area contributed by atoms with E-state index in [0.29, 0.717) is 31.8 Å². The van der Waals surface area contributed by atoms with Gasteiger partial charge >= 0.3 is 0 Å². The summed E-state index contributed by atoms with van der Waals surface area (Å²) in [5.74, 6) is 3.33. The normalized spacial score (nSPS) is 14.0. The van der Waals surface area contributed by atoms with Gasteiger partial charge in [-0.15, -0.1) is 0 Å². The Labute approximate surface area is 153 Å². The van der Waals surface area contributed by atoms with E-state index in [1.807, 2.05) is 18.7 Å². The average molecular weight is 357 g/mol. The third-order valence-corrected chi connectivity index (χ3v) is 4.56. The van der Waals surface area contributed by atoms with Gasteiger partial charge in [-0.1, -0.05) is 6.92 Å². The van der Waals surface area contributed by atoms with Gasteiger partial charge in [0.05, 0.1) is 5.69 Å².